The summed E-state index contributed by atoms with van der Waals surface area (Å²) in [5, 5.41) is 2.61. The highest BCUT2D eigenvalue weighted by molar-refractivity contribution is 5.93. The molecule has 0 bridgehead atoms. The van der Waals surface area contributed by atoms with Crippen LogP contribution in [0, 0.1) is 13.8 Å². The molecule has 98 valence electrons. The largest absolute Gasteiger partial charge is 0.449 e. The monoisotopic (exact) mass is 249 g/mol. The van der Waals surface area contributed by atoms with Crippen LogP contribution in [0.15, 0.2) is 18.2 Å². The molecule has 0 saturated carbocycles. The lowest BCUT2D eigenvalue weighted by Gasteiger charge is -2.14. The number of hydrogen-bond acceptors (Lipinski definition) is 3. The Labute approximate surface area is 107 Å². The molecular weight excluding hydrogens is 230 g/mol. The molecule has 1 N–H and O–H groups in total. The first kappa shape index (κ1) is 14.2. The normalized spacial score (nSPS) is 11.8. The molecular formula is C14H19NO3. The predicted octanol–water partition coefficient (Wildman–Crippen LogP) is 1.98. The van der Waals surface area contributed by atoms with E-state index in [1.165, 1.54) is 0 Å². The fourth-order valence-electron chi connectivity index (χ4n) is 1.57. The number of hydrogen-bond donors (Lipinski definition) is 1. The lowest BCUT2D eigenvalue weighted by molar-refractivity contribution is -0.128. The second-order valence-electron chi connectivity index (χ2n) is 4.19. The molecule has 0 unspecified atom stereocenters. The number of esters is 1. The van der Waals surface area contributed by atoms with Gasteiger partial charge in [0.15, 0.2) is 6.10 Å². The second kappa shape index (κ2) is 6.19. The first-order valence-electron chi connectivity index (χ1n) is 6.02. The number of aryl methyl sites for hydroxylation is 1. The molecule has 0 spiro atoms. The molecule has 0 aliphatic rings. The third-order valence-corrected chi connectivity index (χ3v) is 2.83. The Balaban J connectivity index is 2.77. The summed E-state index contributed by atoms with van der Waals surface area (Å²) in [6, 6.07) is 5.43. The lowest BCUT2D eigenvalue weighted by atomic mass is 10.0. The molecule has 1 aromatic rings. The highest BCUT2D eigenvalue weighted by Gasteiger charge is 2.19. The first-order valence-corrected chi connectivity index (χ1v) is 6.02. The highest BCUT2D eigenvalue weighted by atomic mass is 16.5. The van der Waals surface area contributed by atoms with Gasteiger partial charge in [-0.15, -0.1) is 0 Å². The molecule has 1 aromatic carbocycles. The van der Waals surface area contributed by atoms with Gasteiger partial charge in [-0.3, -0.25) is 4.79 Å². The highest BCUT2D eigenvalue weighted by Crippen LogP contribution is 2.14. The van der Waals surface area contributed by atoms with Crippen molar-refractivity contribution in [3.05, 3.63) is 34.9 Å². The maximum atomic E-state index is 11.9. The maximum Gasteiger partial charge on any atom is 0.339 e. The Bertz CT molecular complexity index is 454. The molecule has 0 aliphatic heterocycles. The van der Waals surface area contributed by atoms with Crippen LogP contribution in [0.5, 0.6) is 0 Å². The van der Waals surface area contributed by atoms with Gasteiger partial charge in [-0.2, -0.15) is 0 Å². The van der Waals surface area contributed by atoms with Crippen LogP contribution in [0.2, 0.25) is 0 Å². The molecule has 0 saturated heterocycles. The van der Waals surface area contributed by atoms with Crippen molar-refractivity contribution in [3.63, 3.8) is 0 Å². The Hall–Kier alpha value is -1.84. The van der Waals surface area contributed by atoms with E-state index in [4.69, 9.17) is 4.74 Å². The van der Waals surface area contributed by atoms with Gasteiger partial charge in [0.05, 0.1) is 5.56 Å². The molecule has 0 radical (unpaired) electrons. The number of ether oxygens (including phenoxy) is 1. The summed E-state index contributed by atoms with van der Waals surface area (Å²) in [5.74, 6) is -0.744. The topological polar surface area (TPSA) is 55.4 Å². The Kier molecular flexibility index (Phi) is 4.89. The van der Waals surface area contributed by atoms with E-state index in [0.717, 1.165) is 11.1 Å². The van der Waals surface area contributed by atoms with E-state index in [1.807, 2.05) is 26.8 Å². The number of nitrogens with one attached hydrogen (secondary N) is 1. The van der Waals surface area contributed by atoms with Crippen LogP contribution in [0.25, 0.3) is 0 Å². The standard InChI is InChI=1S/C14H19NO3/c1-5-15-13(16)11(4)18-14(17)12-8-6-7-9(2)10(12)3/h6-8,11H,5H2,1-4H3,(H,15,16)/t11-/m0/s1. The van der Waals surface area contributed by atoms with Crippen LogP contribution in [-0.2, 0) is 9.53 Å². The second-order valence-corrected chi connectivity index (χ2v) is 4.19. The van der Waals surface area contributed by atoms with Crippen LogP contribution in [0.3, 0.4) is 0 Å². The molecule has 0 aliphatic carbocycles. The SMILES string of the molecule is CCNC(=O)[C@H](C)OC(=O)c1cccc(C)c1C. The average Bonchev–Trinajstić information content (AvgIpc) is 2.32. The summed E-state index contributed by atoms with van der Waals surface area (Å²) in [4.78, 5) is 23.4. The van der Waals surface area contributed by atoms with Gasteiger partial charge in [-0.25, -0.2) is 4.79 Å². The zero-order valence-electron chi connectivity index (χ0n) is 11.2. The quantitative estimate of drug-likeness (QED) is 0.830. The molecule has 18 heavy (non-hydrogen) atoms. The van der Waals surface area contributed by atoms with E-state index in [0.29, 0.717) is 12.1 Å². The van der Waals surface area contributed by atoms with Crippen LogP contribution < -0.4 is 5.32 Å². The minimum atomic E-state index is -0.780. The van der Waals surface area contributed by atoms with Gasteiger partial charge >= 0.3 is 5.97 Å². The average molecular weight is 249 g/mol. The molecule has 4 nitrogen and oxygen atoms in total. The van der Waals surface area contributed by atoms with Gasteiger partial charge in [0.1, 0.15) is 0 Å². The number of benzene rings is 1. The Morgan fingerprint density at radius 1 is 1.33 bits per heavy atom. The number of likely N-dealkylation sites (N-methyl/N-ethyl adjacent to an activating group) is 1. The van der Waals surface area contributed by atoms with E-state index in [1.54, 1.807) is 19.1 Å². The molecule has 1 atom stereocenters. The van der Waals surface area contributed by atoms with E-state index < -0.39 is 12.1 Å². The Morgan fingerprint density at radius 2 is 2.00 bits per heavy atom. The van der Waals surface area contributed by atoms with E-state index in [-0.39, 0.29) is 5.91 Å². The lowest BCUT2D eigenvalue weighted by Crippen LogP contribution is -2.35. The van der Waals surface area contributed by atoms with Gasteiger partial charge in [-0.05, 0) is 44.9 Å². The predicted molar refractivity (Wildman–Crippen MR) is 69.5 cm³/mol. The van der Waals surface area contributed by atoms with Crippen molar-refractivity contribution in [1.82, 2.24) is 5.32 Å². The first-order chi connectivity index (χ1) is 8.47. The minimum absolute atomic E-state index is 0.281. The van der Waals surface area contributed by atoms with Crippen molar-refractivity contribution in [3.8, 4) is 0 Å². The minimum Gasteiger partial charge on any atom is -0.449 e. The van der Waals surface area contributed by atoms with E-state index in [9.17, 15) is 9.59 Å². The van der Waals surface area contributed by atoms with Crippen LogP contribution >= 0.6 is 0 Å². The van der Waals surface area contributed by atoms with Gasteiger partial charge < -0.3 is 10.1 Å². The summed E-state index contributed by atoms with van der Waals surface area (Å²) in [6.07, 6.45) is -0.780. The molecule has 0 fully saturated rings. The van der Waals surface area contributed by atoms with Crippen LogP contribution in [-0.4, -0.2) is 24.5 Å². The number of rotatable bonds is 4. The van der Waals surface area contributed by atoms with Gasteiger partial charge in [0.25, 0.3) is 5.91 Å². The maximum absolute atomic E-state index is 11.9. The van der Waals surface area contributed by atoms with Gasteiger partial charge in [0, 0.05) is 6.54 Å². The zero-order valence-corrected chi connectivity index (χ0v) is 11.2. The smallest absolute Gasteiger partial charge is 0.339 e. The summed E-state index contributed by atoms with van der Waals surface area (Å²) >= 11 is 0. The van der Waals surface area contributed by atoms with Gasteiger partial charge in [0.2, 0.25) is 0 Å². The molecule has 0 heterocycles. The molecule has 1 amide bonds. The van der Waals surface area contributed by atoms with Crippen molar-refractivity contribution < 1.29 is 14.3 Å². The molecule has 1 rings (SSSR count). The van der Waals surface area contributed by atoms with E-state index in [2.05, 4.69) is 5.32 Å². The van der Waals surface area contributed by atoms with Crippen LogP contribution in [0.1, 0.15) is 35.3 Å². The number of carbonyl (C=O) groups excluding carboxylic acids is 2. The number of amides is 1. The fourth-order valence-corrected chi connectivity index (χ4v) is 1.57. The molecule has 4 heteroatoms. The summed E-state index contributed by atoms with van der Waals surface area (Å²) < 4.78 is 5.14. The summed E-state index contributed by atoms with van der Waals surface area (Å²) in [5.41, 5.74) is 2.41. The van der Waals surface area contributed by atoms with E-state index >= 15 is 0 Å². The van der Waals surface area contributed by atoms with Crippen molar-refractivity contribution in [1.29, 1.82) is 0 Å². The Morgan fingerprint density at radius 3 is 2.61 bits per heavy atom. The van der Waals surface area contributed by atoms with Gasteiger partial charge in [-0.1, -0.05) is 12.1 Å². The van der Waals surface area contributed by atoms with Crippen LogP contribution in [0.4, 0.5) is 0 Å². The van der Waals surface area contributed by atoms with Crippen molar-refractivity contribution in [2.45, 2.75) is 33.8 Å². The third kappa shape index (κ3) is 3.32. The van der Waals surface area contributed by atoms with Crippen molar-refractivity contribution in [2.24, 2.45) is 0 Å². The number of carbonyl (C=O) groups is 2. The summed E-state index contributed by atoms with van der Waals surface area (Å²) in [6.45, 7) is 7.69. The van der Waals surface area contributed by atoms with Crippen molar-refractivity contribution in [2.75, 3.05) is 6.54 Å². The van der Waals surface area contributed by atoms with Crippen molar-refractivity contribution >= 4 is 11.9 Å². The third-order valence-electron chi connectivity index (χ3n) is 2.83. The fraction of sp³-hybridized carbons (Fsp3) is 0.429. The summed E-state index contributed by atoms with van der Waals surface area (Å²) in [7, 11) is 0. The zero-order chi connectivity index (χ0) is 13.7. The molecule has 0 aromatic heterocycles.